The topological polar surface area (TPSA) is 74.1 Å². The summed E-state index contributed by atoms with van der Waals surface area (Å²) in [6.07, 6.45) is 0. The molecular formula is C17H19N3O4S. The second kappa shape index (κ2) is 7.02. The van der Waals surface area contributed by atoms with Crippen LogP contribution in [0.5, 0.6) is 17.2 Å². The molecule has 8 heteroatoms. The summed E-state index contributed by atoms with van der Waals surface area (Å²) in [6, 6.07) is 5.15. The Bertz CT molecular complexity index is 939. The summed E-state index contributed by atoms with van der Waals surface area (Å²) in [5.41, 5.74) is 2.26. The van der Waals surface area contributed by atoms with E-state index in [1.807, 2.05) is 24.4 Å². The molecule has 3 rings (SSSR count). The molecule has 132 valence electrons. The maximum Gasteiger partial charge on any atom is 0.259 e. The molecule has 0 spiro atoms. The van der Waals surface area contributed by atoms with Gasteiger partial charge in [-0.2, -0.15) is 0 Å². The predicted octanol–water partition coefficient (Wildman–Crippen LogP) is 2.70. The number of hydrogen-bond acceptors (Lipinski definition) is 7. The standard InChI is InChI=1S/C17H19N3O4S/c1-10-9-25-17-19-12(7-15(21)20(10)17)8-18-11-5-13(22-2)16(24-4)14(6-11)23-3/h5-7,9,18H,8H2,1-4H3. The van der Waals surface area contributed by atoms with Crippen molar-refractivity contribution in [3.63, 3.8) is 0 Å². The lowest BCUT2D eigenvalue weighted by Crippen LogP contribution is -2.16. The number of anilines is 1. The van der Waals surface area contributed by atoms with E-state index < -0.39 is 0 Å². The van der Waals surface area contributed by atoms with Gasteiger partial charge >= 0.3 is 0 Å². The van der Waals surface area contributed by atoms with E-state index in [0.29, 0.717) is 34.4 Å². The van der Waals surface area contributed by atoms with Gasteiger partial charge in [-0.15, -0.1) is 11.3 Å². The second-order valence-corrected chi connectivity index (χ2v) is 6.18. The highest BCUT2D eigenvalue weighted by molar-refractivity contribution is 7.15. The summed E-state index contributed by atoms with van der Waals surface area (Å²) in [7, 11) is 4.69. The first-order chi connectivity index (χ1) is 12.1. The number of methoxy groups -OCH3 is 3. The van der Waals surface area contributed by atoms with Gasteiger partial charge < -0.3 is 19.5 Å². The van der Waals surface area contributed by atoms with Crippen LogP contribution < -0.4 is 25.1 Å². The molecule has 2 aromatic heterocycles. The minimum atomic E-state index is -0.0783. The lowest BCUT2D eigenvalue weighted by atomic mass is 10.2. The van der Waals surface area contributed by atoms with Gasteiger partial charge in [-0.1, -0.05) is 0 Å². The van der Waals surface area contributed by atoms with E-state index >= 15 is 0 Å². The van der Waals surface area contributed by atoms with Crippen molar-refractivity contribution in [2.45, 2.75) is 13.5 Å². The summed E-state index contributed by atoms with van der Waals surface area (Å²) < 4.78 is 17.6. The summed E-state index contributed by atoms with van der Waals surface area (Å²) in [6.45, 7) is 2.29. The van der Waals surface area contributed by atoms with Gasteiger partial charge in [-0.05, 0) is 6.92 Å². The minimum absolute atomic E-state index is 0.0783. The Labute approximate surface area is 148 Å². The summed E-state index contributed by atoms with van der Waals surface area (Å²) >= 11 is 1.45. The summed E-state index contributed by atoms with van der Waals surface area (Å²) in [5, 5.41) is 5.16. The second-order valence-electron chi connectivity index (χ2n) is 5.35. The van der Waals surface area contributed by atoms with Crippen molar-refractivity contribution in [2.75, 3.05) is 26.6 Å². The average molecular weight is 361 g/mol. The number of nitrogens with zero attached hydrogens (tertiary/aromatic N) is 2. The third-order valence-corrected chi connectivity index (χ3v) is 4.71. The minimum Gasteiger partial charge on any atom is -0.493 e. The lowest BCUT2D eigenvalue weighted by Gasteiger charge is -2.15. The number of thiazole rings is 1. The van der Waals surface area contributed by atoms with E-state index in [1.54, 1.807) is 25.7 Å². The molecule has 0 aliphatic heterocycles. The number of aryl methyl sites for hydroxylation is 1. The van der Waals surface area contributed by atoms with Crippen molar-refractivity contribution >= 4 is 22.0 Å². The van der Waals surface area contributed by atoms with E-state index in [1.165, 1.54) is 17.4 Å². The molecule has 0 aliphatic rings. The van der Waals surface area contributed by atoms with E-state index in [4.69, 9.17) is 14.2 Å². The molecule has 0 bridgehead atoms. The van der Waals surface area contributed by atoms with Crippen molar-refractivity contribution in [1.29, 1.82) is 0 Å². The van der Waals surface area contributed by atoms with Gasteiger partial charge in [0.05, 0.1) is 33.6 Å². The Kier molecular flexibility index (Phi) is 4.80. The lowest BCUT2D eigenvalue weighted by molar-refractivity contribution is 0.324. The molecule has 2 heterocycles. The highest BCUT2D eigenvalue weighted by Crippen LogP contribution is 2.39. The molecule has 7 nitrogen and oxygen atoms in total. The van der Waals surface area contributed by atoms with E-state index in [-0.39, 0.29) is 5.56 Å². The van der Waals surface area contributed by atoms with E-state index in [9.17, 15) is 4.79 Å². The third-order valence-electron chi connectivity index (χ3n) is 3.77. The molecule has 0 saturated carbocycles. The van der Waals surface area contributed by atoms with Crippen molar-refractivity contribution in [3.8, 4) is 17.2 Å². The Morgan fingerprint density at radius 2 is 1.80 bits per heavy atom. The van der Waals surface area contributed by atoms with Crippen LogP contribution in [0, 0.1) is 6.92 Å². The normalized spacial score (nSPS) is 10.7. The average Bonchev–Trinajstić information content (AvgIpc) is 3.00. The zero-order chi connectivity index (χ0) is 18.0. The number of fused-ring (bicyclic) bond motifs is 1. The Morgan fingerprint density at radius 1 is 1.12 bits per heavy atom. The Morgan fingerprint density at radius 3 is 2.40 bits per heavy atom. The van der Waals surface area contributed by atoms with Gasteiger partial charge in [0.1, 0.15) is 0 Å². The number of nitrogens with one attached hydrogen (secondary N) is 1. The number of aromatic nitrogens is 2. The van der Waals surface area contributed by atoms with Crippen LogP contribution in [0.3, 0.4) is 0 Å². The van der Waals surface area contributed by atoms with Crippen LogP contribution in [0.4, 0.5) is 5.69 Å². The summed E-state index contributed by atoms with van der Waals surface area (Å²) in [5.74, 6) is 1.64. The molecular weight excluding hydrogens is 342 g/mol. The third kappa shape index (κ3) is 3.25. The SMILES string of the molecule is COc1cc(NCc2cc(=O)n3c(C)csc3n2)cc(OC)c1OC. The first-order valence-corrected chi connectivity index (χ1v) is 8.46. The number of hydrogen-bond donors (Lipinski definition) is 1. The highest BCUT2D eigenvalue weighted by atomic mass is 32.1. The van der Waals surface area contributed by atoms with Crippen molar-refractivity contribution in [1.82, 2.24) is 9.38 Å². The first kappa shape index (κ1) is 17.1. The van der Waals surface area contributed by atoms with Crippen LogP contribution in [0.1, 0.15) is 11.4 Å². The quantitative estimate of drug-likeness (QED) is 0.728. The van der Waals surface area contributed by atoms with Crippen molar-refractivity contribution in [2.24, 2.45) is 0 Å². The Balaban J connectivity index is 1.87. The van der Waals surface area contributed by atoms with Crippen molar-refractivity contribution in [3.05, 3.63) is 45.3 Å². The van der Waals surface area contributed by atoms with Crippen LogP contribution in [-0.4, -0.2) is 30.7 Å². The van der Waals surface area contributed by atoms with Gasteiger partial charge in [0.15, 0.2) is 16.5 Å². The van der Waals surface area contributed by atoms with Gasteiger partial charge in [0.2, 0.25) is 5.75 Å². The monoisotopic (exact) mass is 361 g/mol. The largest absolute Gasteiger partial charge is 0.493 e. The maximum absolute atomic E-state index is 12.2. The number of ether oxygens (including phenoxy) is 3. The van der Waals surface area contributed by atoms with Crippen molar-refractivity contribution < 1.29 is 14.2 Å². The van der Waals surface area contributed by atoms with Crippen LogP contribution in [0.2, 0.25) is 0 Å². The van der Waals surface area contributed by atoms with E-state index in [0.717, 1.165) is 11.4 Å². The van der Waals surface area contributed by atoms with Crippen LogP contribution in [0.25, 0.3) is 4.96 Å². The first-order valence-electron chi connectivity index (χ1n) is 7.58. The molecule has 1 aromatic carbocycles. The molecule has 3 aromatic rings. The maximum atomic E-state index is 12.2. The molecule has 0 radical (unpaired) electrons. The molecule has 25 heavy (non-hydrogen) atoms. The number of rotatable bonds is 6. The van der Waals surface area contributed by atoms with Gasteiger partial charge in [-0.25, -0.2) is 4.98 Å². The summed E-state index contributed by atoms with van der Waals surface area (Å²) in [4.78, 5) is 17.4. The molecule has 0 aliphatic carbocycles. The zero-order valence-electron chi connectivity index (χ0n) is 14.5. The van der Waals surface area contributed by atoms with Gasteiger partial charge in [0, 0.05) is 35.0 Å². The fourth-order valence-electron chi connectivity index (χ4n) is 2.57. The zero-order valence-corrected chi connectivity index (χ0v) is 15.3. The molecule has 1 N–H and O–H groups in total. The van der Waals surface area contributed by atoms with Gasteiger partial charge in [-0.3, -0.25) is 9.20 Å². The van der Waals surface area contributed by atoms with Crippen LogP contribution in [-0.2, 0) is 6.54 Å². The smallest absolute Gasteiger partial charge is 0.259 e. The highest BCUT2D eigenvalue weighted by Gasteiger charge is 2.13. The van der Waals surface area contributed by atoms with Crippen LogP contribution in [0.15, 0.2) is 28.4 Å². The molecule has 0 atom stereocenters. The fourth-order valence-corrected chi connectivity index (χ4v) is 3.46. The van der Waals surface area contributed by atoms with E-state index in [2.05, 4.69) is 10.3 Å². The van der Waals surface area contributed by atoms with Crippen LogP contribution >= 0.6 is 11.3 Å². The molecule has 0 amide bonds. The predicted molar refractivity (Wildman–Crippen MR) is 97.5 cm³/mol. The Hall–Kier alpha value is -2.74. The fraction of sp³-hybridized carbons (Fsp3) is 0.294. The van der Waals surface area contributed by atoms with Gasteiger partial charge in [0.25, 0.3) is 5.56 Å². The molecule has 0 saturated heterocycles. The number of benzene rings is 1. The molecule has 0 fully saturated rings. The molecule has 0 unspecified atom stereocenters.